The van der Waals surface area contributed by atoms with Crippen LogP contribution in [0, 0.1) is 46.8 Å². The minimum atomic E-state index is -1.04. The average molecular weight is 350 g/mol. The Kier molecular flexibility index (Phi) is 4.59. The second kappa shape index (κ2) is 6.19. The summed E-state index contributed by atoms with van der Waals surface area (Å²) in [7, 11) is 0. The van der Waals surface area contributed by atoms with Gasteiger partial charge in [0.2, 0.25) is 0 Å². The number of hydrogen-bond acceptors (Lipinski definition) is 4. The number of carboxylic acids is 1. The molecule has 0 aliphatic heterocycles. The number of carbonyl (C=O) groups is 3. The summed E-state index contributed by atoms with van der Waals surface area (Å²) in [6, 6.07) is 0. The van der Waals surface area contributed by atoms with Gasteiger partial charge in [-0.15, -0.1) is 0 Å². The zero-order valence-corrected chi connectivity index (χ0v) is 15.6. The topological polar surface area (TPSA) is 91.7 Å². The van der Waals surface area contributed by atoms with Gasteiger partial charge in [0, 0.05) is 30.1 Å². The van der Waals surface area contributed by atoms with E-state index in [1.165, 1.54) is 0 Å². The van der Waals surface area contributed by atoms with E-state index in [2.05, 4.69) is 0 Å². The van der Waals surface area contributed by atoms with Crippen molar-refractivity contribution in [2.75, 3.05) is 0 Å². The molecule has 5 heteroatoms. The fourth-order valence-corrected chi connectivity index (χ4v) is 6.13. The van der Waals surface area contributed by atoms with Crippen LogP contribution in [-0.4, -0.2) is 33.9 Å². The molecule has 0 aromatic rings. The third-order valence-corrected chi connectivity index (χ3v) is 7.53. The van der Waals surface area contributed by atoms with E-state index in [1.807, 2.05) is 27.7 Å². The van der Waals surface area contributed by atoms with Crippen LogP contribution in [0.5, 0.6) is 0 Å². The minimum Gasteiger partial charge on any atom is -0.481 e. The van der Waals surface area contributed by atoms with Crippen molar-refractivity contribution in [2.24, 2.45) is 46.8 Å². The zero-order chi connectivity index (χ0) is 18.7. The van der Waals surface area contributed by atoms with Crippen molar-refractivity contribution < 1.29 is 24.6 Å². The van der Waals surface area contributed by atoms with Crippen molar-refractivity contribution in [3.05, 3.63) is 0 Å². The first-order valence-electron chi connectivity index (χ1n) is 9.57. The number of rotatable bonds is 2. The molecule has 0 radical (unpaired) electrons. The quantitative estimate of drug-likeness (QED) is 0.798. The van der Waals surface area contributed by atoms with E-state index >= 15 is 0 Å². The number of aliphatic carboxylic acids is 1. The Morgan fingerprint density at radius 1 is 1.20 bits per heavy atom. The van der Waals surface area contributed by atoms with E-state index in [1.54, 1.807) is 0 Å². The van der Waals surface area contributed by atoms with Crippen molar-refractivity contribution in [2.45, 2.75) is 59.5 Å². The van der Waals surface area contributed by atoms with Gasteiger partial charge in [-0.3, -0.25) is 14.4 Å². The zero-order valence-electron chi connectivity index (χ0n) is 15.6. The van der Waals surface area contributed by atoms with Crippen LogP contribution in [0.3, 0.4) is 0 Å². The lowest BCUT2D eigenvalue weighted by atomic mass is 9.57. The molecule has 25 heavy (non-hydrogen) atoms. The molecule has 0 unspecified atom stereocenters. The summed E-state index contributed by atoms with van der Waals surface area (Å²) in [5.41, 5.74) is -0.905. The minimum absolute atomic E-state index is 0.0286. The van der Waals surface area contributed by atoms with Gasteiger partial charge in [0.15, 0.2) is 0 Å². The third kappa shape index (κ3) is 2.57. The monoisotopic (exact) mass is 350 g/mol. The number of hydrogen-bond donors (Lipinski definition) is 2. The molecule has 0 bridgehead atoms. The van der Waals surface area contributed by atoms with Crippen LogP contribution < -0.4 is 0 Å². The fourth-order valence-electron chi connectivity index (χ4n) is 6.13. The Balaban J connectivity index is 2.12. The van der Waals surface area contributed by atoms with E-state index in [0.717, 1.165) is 6.42 Å². The standard InChI is InChI=1S/C20H30O5/c1-9(2)11-8-14(22)20(4)12-6-5-10(3)7-13(21)15(12)16(19(24)25)17(20)18(11)23/h9-12,15-18,23H,5-8H2,1-4H3,(H,24,25)/t10-,11-,12-,15+,16-,17+,18-,20-/m0/s1. The maximum Gasteiger partial charge on any atom is 0.307 e. The first kappa shape index (κ1) is 18.6. The molecule has 2 N–H and O–H groups in total. The summed E-state index contributed by atoms with van der Waals surface area (Å²) >= 11 is 0. The molecule has 0 aromatic carbocycles. The molecule has 3 rings (SSSR count). The first-order valence-corrected chi connectivity index (χ1v) is 9.57. The molecule has 0 heterocycles. The normalized spacial score (nSPS) is 47.4. The Morgan fingerprint density at radius 2 is 1.84 bits per heavy atom. The second-order valence-electron chi connectivity index (χ2n) is 9.18. The molecule has 0 saturated heterocycles. The molecular formula is C20H30O5. The van der Waals surface area contributed by atoms with Crippen LogP contribution in [0.15, 0.2) is 0 Å². The van der Waals surface area contributed by atoms with Gasteiger partial charge < -0.3 is 10.2 Å². The van der Waals surface area contributed by atoms with Gasteiger partial charge in [0.25, 0.3) is 0 Å². The summed E-state index contributed by atoms with van der Waals surface area (Å²) < 4.78 is 0. The number of aliphatic hydroxyl groups excluding tert-OH is 1. The van der Waals surface area contributed by atoms with Gasteiger partial charge in [-0.05, 0) is 36.5 Å². The highest BCUT2D eigenvalue weighted by Gasteiger charge is 2.69. The Morgan fingerprint density at radius 3 is 2.40 bits per heavy atom. The Hall–Kier alpha value is -1.23. The summed E-state index contributed by atoms with van der Waals surface area (Å²) in [6.45, 7) is 7.75. The van der Waals surface area contributed by atoms with Gasteiger partial charge in [-0.25, -0.2) is 0 Å². The molecule has 8 atom stereocenters. The van der Waals surface area contributed by atoms with Gasteiger partial charge in [0.1, 0.15) is 11.6 Å². The van der Waals surface area contributed by atoms with E-state index < -0.39 is 35.2 Å². The lowest BCUT2D eigenvalue weighted by molar-refractivity contribution is -0.159. The number of aliphatic hydroxyl groups is 1. The molecule has 3 aliphatic rings. The molecule has 3 aliphatic carbocycles. The largest absolute Gasteiger partial charge is 0.481 e. The predicted molar refractivity (Wildman–Crippen MR) is 91.7 cm³/mol. The molecule has 3 saturated carbocycles. The van der Waals surface area contributed by atoms with Crippen molar-refractivity contribution in [1.82, 2.24) is 0 Å². The lowest BCUT2D eigenvalue weighted by Crippen LogP contribution is -2.54. The van der Waals surface area contributed by atoms with Crippen molar-refractivity contribution in [3.63, 3.8) is 0 Å². The highest BCUT2D eigenvalue weighted by Crippen LogP contribution is 2.63. The number of Topliss-reactive ketones (excluding diaryl/α,β-unsaturated/α-hetero) is 2. The van der Waals surface area contributed by atoms with Gasteiger partial charge >= 0.3 is 5.97 Å². The van der Waals surface area contributed by atoms with Gasteiger partial charge in [0.05, 0.1) is 12.0 Å². The highest BCUT2D eigenvalue weighted by molar-refractivity contribution is 5.94. The summed E-state index contributed by atoms with van der Waals surface area (Å²) in [4.78, 5) is 38.2. The number of carboxylic acid groups (broad SMARTS) is 1. The van der Waals surface area contributed by atoms with Crippen LogP contribution in [0.25, 0.3) is 0 Å². The van der Waals surface area contributed by atoms with E-state index in [-0.39, 0.29) is 41.7 Å². The summed E-state index contributed by atoms with van der Waals surface area (Å²) in [5.74, 6) is -3.44. The van der Waals surface area contributed by atoms with Crippen molar-refractivity contribution in [3.8, 4) is 0 Å². The molecule has 5 nitrogen and oxygen atoms in total. The average Bonchev–Trinajstić information content (AvgIpc) is 2.70. The SMILES string of the molecule is CC(C)[C@@H]1CC(=O)[C@@]2(C)[C@@H]([C@H]1O)[C@@H](C(=O)O)[C@H]1C(=O)C[C@@H](C)CC[C@@H]12. The molecule has 3 fully saturated rings. The lowest BCUT2D eigenvalue weighted by Gasteiger charge is -2.47. The molecule has 0 aromatic heterocycles. The van der Waals surface area contributed by atoms with Gasteiger partial charge in [-0.2, -0.15) is 0 Å². The maximum absolute atomic E-state index is 13.2. The van der Waals surface area contributed by atoms with Crippen molar-refractivity contribution in [1.29, 1.82) is 0 Å². The summed E-state index contributed by atoms with van der Waals surface area (Å²) in [6.07, 6.45) is 1.34. The van der Waals surface area contributed by atoms with Crippen LogP contribution in [0.2, 0.25) is 0 Å². The van der Waals surface area contributed by atoms with Crippen LogP contribution >= 0.6 is 0 Å². The number of fused-ring (bicyclic) bond motifs is 3. The van der Waals surface area contributed by atoms with E-state index in [9.17, 15) is 24.6 Å². The van der Waals surface area contributed by atoms with Crippen LogP contribution in [0.4, 0.5) is 0 Å². The second-order valence-corrected chi connectivity index (χ2v) is 9.18. The molecule has 0 amide bonds. The highest BCUT2D eigenvalue weighted by atomic mass is 16.4. The number of carbonyl (C=O) groups excluding carboxylic acids is 2. The first-order chi connectivity index (χ1) is 11.6. The molecule has 0 spiro atoms. The van der Waals surface area contributed by atoms with Crippen LogP contribution in [-0.2, 0) is 14.4 Å². The number of ketones is 2. The molecule has 140 valence electrons. The Bertz CT molecular complexity index is 597. The smallest absolute Gasteiger partial charge is 0.307 e. The fraction of sp³-hybridized carbons (Fsp3) is 0.850. The molecular weight excluding hydrogens is 320 g/mol. The summed E-state index contributed by atoms with van der Waals surface area (Å²) in [5, 5.41) is 21.0. The third-order valence-electron chi connectivity index (χ3n) is 7.53. The van der Waals surface area contributed by atoms with Crippen LogP contribution in [0.1, 0.15) is 53.4 Å². The predicted octanol–water partition coefficient (Wildman–Crippen LogP) is 2.55. The Labute approximate surface area is 149 Å². The van der Waals surface area contributed by atoms with Crippen molar-refractivity contribution >= 4 is 17.5 Å². The van der Waals surface area contributed by atoms with Gasteiger partial charge in [-0.1, -0.05) is 27.7 Å². The maximum atomic E-state index is 13.2. The van der Waals surface area contributed by atoms with E-state index in [0.29, 0.717) is 12.8 Å². The van der Waals surface area contributed by atoms with E-state index in [4.69, 9.17) is 0 Å².